The highest BCUT2D eigenvalue weighted by Gasteiger charge is 2.54. The maximum absolute atomic E-state index is 13.0. The molecule has 13 nitrogen and oxygen atoms in total. The molecular formula is C21H21N8O5S2+. The molecule has 0 unspecified atom stereocenters. The van der Waals surface area contributed by atoms with E-state index in [2.05, 4.69) is 20.7 Å². The first-order valence-corrected chi connectivity index (χ1v) is 12.6. The minimum atomic E-state index is -1.21. The van der Waals surface area contributed by atoms with E-state index in [0.29, 0.717) is 11.3 Å². The minimum Gasteiger partial charge on any atom is -0.477 e. The lowest BCUT2D eigenvalue weighted by Gasteiger charge is -2.49. The zero-order valence-electron chi connectivity index (χ0n) is 19.1. The highest BCUT2D eigenvalue weighted by Crippen LogP contribution is 2.40. The first-order chi connectivity index (χ1) is 17.3. The summed E-state index contributed by atoms with van der Waals surface area (Å²) in [5.74, 6) is -2.07. The van der Waals surface area contributed by atoms with E-state index in [-0.39, 0.29) is 28.8 Å². The molecule has 36 heavy (non-hydrogen) atoms. The SMILES string of the molecule is CO/N=C(\C(=O)N[C@@H]1C(=O)N2C(C(=O)O)=C(C[n+]3cc4cc(C)ccn4n3)CS[C@H]12)c1csc(N)n1. The molecule has 1 fully saturated rings. The van der Waals surface area contributed by atoms with E-state index in [4.69, 9.17) is 10.6 Å². The second kappa shape index (κ2) is 9.23. The number of fused-ring (bicyclic) bond motifs is 2. The fourth-order valence-corrected chi connectivity index (χ4v) is 5.96. The van der Waals surface area contributed by atoms with Crippen LogP contribution in [0.1, 0.15) is 11.3 Å². The highest BCUT2D eigenvalue weighted by atomic mass is 32.2. The van der Waals surface area contributed by atoms with Crippen LogP contribution in [0.25, 0.3) is 5.52 Å². The molecule has 186 valence electrons. The number of carboxylic acid groups (broad SMARTS) is 1. The molecule has 15 heteroatoms. The van der Waals surface area contributed by atoms with Crippen molar-refractivity contribution in [3.63, 3.8) is 0 Å². The number of carboxylic acids is 1. The largest absolute Gasteiger partial charge is 0.477 e. The van der Waals surface area contributed by atoms with Gasteiger partial charge in [-0.1, -0.05) is 5.16 Å². The van der Waals surface area contributed by atoms with Crippen LogP contribution >= 0.6 is 23.1 Å². The summed E-state index contributed by atoms with van der Waals surface area (Å²) in [6.07, 6.45) is 3.64. The first-order valence-electron chi connectivity index (χ1n) is 10.7. The van der Waals surface area contributed by atoms with Crippen molar-refractivity contribution in [2.45, 2.75) is 24.9 Å². The molecule has 0 saturated carbocycles. The Morgan fingerprint density at radius 3 is 2.94 bits per heavy atom. The van der Waals surface area contributed by atoms with Gasteiger partial charge in [-0.2, -0.15) is 0 Å². The summed E-state index contributed by atoms with van der Waals surface area (Å²) >= 11 is 2.50. The van der Waals surface area contributed by atoms with Crippen molar-refractivity contribution >= 4 is 57.2 Å². The van der Waals surface area contributed by atoms with Crippen LogP contribution < -0.4 is 15.7 Å². The third-order valence-electron chi connectivity index (χ3n) is 5.66. The molecule has 2 aliphatic rings. The van der Waals surface area contributed by atoms with Crippen LogP contribution in [0.4, 0.5) is 5.13 Å². The number of hydrogen-bond donors (Lipinski definition) is 3. The molecule has 0 bridgehead atoms. The van der Waals surface area contributed by atoms with Gasteiger partial charge in [0.05, 0.1) is 5.21 Å². The molecule has 5 rings (SSSR count). The van der Waals surface area contributed by atoms with Crippen LogP contribution in [0.2, 0.25) is 0 Å². The number of pyridine rings is 1. The Bertz CT molecular complexity index is 1460. The summed E-state index contributed by atoms with van der Waals surface area (Å²) in [6.45, 7) is 2.18. The van der Waals surface area contributed by atoms with Crippen molar-refractivity contribution in [3.05, 3.63) is 52.4 Å². The summed E-state index contributed by atoms with van der Waals surface area (Å²) in [5.41, 5.74) is 8.13. The Balaban J connectivity index is 1.36. The number of thiazole rings is 1. The molecule has 0 spiro atoms. The Hall–Kier alpha value is -3.98. The van der Waals surface area contributed by atoms with Crippen LogP contribution in [0.5, 0.6) is 0 Å². The number of amides is 2. The van der Waals surface area contributed by atoms with Crippen LogP contribution in [0.3, 0.4) is 0 Å². The Morgan fingerprint density at radius 2 is 2.25 bits per heavy atom. The van der Waals surface area contributed by atoms with Gasteiger partial charge < -0.3 is 21.0 Å². The van der Waals surface area contributed by atoms with Gasteiger partial charge in [-0.05, 0) is 24.6 Å². The van der Waals surface area contributed by atoms with Crippen molar-refractivity contribution in [2.24, 2.45) is 5.16 Å². The second-order valence-electron chi connectivity index (χ2n) is 8.10. The molecule has 4 N–H and O–H groups in total. The monoisotopic (exact) mass is 529 g/mol. The maximum atomic E-state index is 13.0. The number of nitrogens with one attached hydrogen (secondary N) is 1. The van der Waals surface area contributed by atoms with Crippen LogP contribution in [0, 0.1) is 6.92 Å². The normalized spacial score (nSPS) is 19.8. The number of carbonyl (C=O) groups excluding carboxylic acids is 2. The molecule has 2 amide bonds. The van der Waals surface area contributed by atoms with Gasteiger partial charge in [0.1, 0.15) is 42.7 Å². The van der Waals surface area contributed by atoms with Crippen molar-refractivity contribution in [3.8, 4) is 0 Å². The van der Waals surface area contributed by atoms with E-state index in [1.54, 1.807) is 14.6 Å². The predicted octanol–water partition coefficient (Wildman–Crippen LogP) is -0.242. The standard InChI is InChI=1S/C21H20N8O5S2/c1-10-3-4-28-12(5-10)7-27(26-28)6-11-8-35-19-15(18(31)29(19)16(11)20(32)33)24-17(30)14(25-34-2)13-9-36-21(22)23-13/h3-5,7,9,15,19H,6,8H2,1-2H3,(H3-,22,23,24,30,32,33)/p+1/b25-14-/t15-,19-/m1/s1. The van der Waals surface area contributed by atoms with Crippen LogP contribution in [-0.2, 0) is 25.8 Å². The zero-order valence-corrected chi connectivity index (χ0v) is 20.7. The van der Waals surface area contributed by atoms with Crippen LogP contribution in [0.15, 0.2) is 46.3 Å². The summed E-state index contributed by atoms with van der Waals surface area (Å²) in [5, 5.41) is 22.0. The Kier molecular flexibility index (Phi) is 6.09. The van der Waals surface area contributed by atoms with E-state index in [9.17, 15) is 19.5 Å². The van der Waals surface area contributed by atoms with E-state index in [0.717, 1.165) is 22.4 Å². The number of nitrogen functional groups attached to an aromatic ring is 1. The third-order valence-corrected chi connectivity index (χ3v) is 7.68. The number of anilines is 1. The average molecular weight is 530 g/mol. The van der Waals surface area contributed by atoms with Gasteiger partial charge in [-0.25, -0.2) is 9.78 Å². The van der Waals surface area contributed by atoms with Gasteiger partial charge in [-0.15, -0.1) is 32.3 Å². The van der Waals surface area contributed by atoms with E-state index >= 15 is 0 Å². The van der Waals surface area contributed by atoms with E-state index in [1.165, 1.54) is 23.8 Å². The number of aryl methyl sites for hydroxylation is 1. The van der Waals surface area contributed by atoms with E-state index < -0.39 is 29.2 Å². The molecule has 0 radical (unpaired) electrons. The number of aromatic nitrogens is 4. The fraction of sp³-hybridized carbons (Fsp3) is 0.286. The summed E-state index contributed by atoms with van der Waals surface area (Å²) < 4.78 is 3.34. The minimum absolute atomic E-state index is 0.0898. The topological polar surface area (TPSA) is 168 Å². The van der Waals surface area contributed by atoms with Crippen molar-refractivity contribution in [1.29, 1.82) is 0 Å². The van der Waals surface area contributed by atoms with E-state index in [1.807, 2.05) is 31.5 Å². The van der Waals surface area contributed by atoms with Gasteiger partial charge >= 0.3 is 5.97 Å². The number of β-lactam (4-membered cyclic amide) rings is 1. The zero-order chi connectivity index (χ0) is 25.6. The highest BCUT2D eigenvalue weighted by molar-refractivity contribution is 8.00. The Morgan fingerprint density at radius 1 is 1.44 bits per heavy atom. The third kappa shape index (κ3) is 4.15. The Labute approximate surface area is 212 Å². The number of aliphatic carboxylic acids is 1. The predicted molar refractivity (Wildman–Crippen MR) is 130 cm³/mol. The first kappa shape index (κ1) is 23.7. The quantitative estimate of drug-likeness (QED) is 0.162. The molecule has 1 saturated heterocycles. The summed E-state index contributed by atoms with van der Waals surface area (Å²) in [6, 6.07) is 2.96. The molecule has 5 heterocycles. The van der Waals surface area contributed by atoms with Crippen molar-refractivity contribution in [2.75, 3.05) is 18.6 Å². The number of nitrogens with zero attached hydrogens (tertiary/aromatic N) is 6. The molecule has 3 aromatic rings. The molecule has 2 aliphatic heterocycles. The van der Waals surface area contributed by atoms with Gasteiger partial charge in [0.25, 0.3) is 11.8 Å². The van der Waals surface area contributed by atoms with Crippen LogP contribution in [-0.4, -0.2) is 72.5 Å². The number of oxime groups is 1. The number of rotatable bonds is 7. The molecule has 3 aromatic heterocycles. The summed E-state index contributed by atoms with van der Waals surface area (Å²) in [4.78, 5) is 48.1. The lowest BCUT2D eigenvalue weighted by molar-refractivity contribution is -0.746. The molecule has 2 atom stereocenters. The summed E-state index contributed by atoms with van der Waals surface area (Å²) in [7, 11) is 1.28. The van der Waals surface area contributed by atoms with Gasteiger partial charge in [0, 0.05) is 16.7 Å². The average Bonchev–Trinajstić information content (AvgIpc) is 3.45. The smallest absolute Gasteiger partial charge is 0.352 e. The molecular weight excluding hydrogens is 508 g/mol. The number of thioether (sulfide) groups is 1. The van der Waals surface area contributed by atoms with Gasteiger partial charge in [-0.3, -0.25) is 14.5 Å². The lowest BCUT2D eigenvalue weighted by Crippen LogP contribution is -2.71. The molecule has 0 aromatic carbocycles. The van der Waals surface area contributed by atoms with Gasteiger partial charge in [0.2, 0.25) is 0 Å². The lowest BCUT2D eigenvalue weighted by atomic mass is 10.0. The number of carbonyl (C=O) groups is 3. The number of nitrogens with two attached hydrogens (primary N) is 1. The van der Waals surface area contributed by atoms with Crippen molar-refractivity contribution < 1.29 is 29.0 Å². The maximum Gasteiger partial charge on any atom is 0.352 e. The van der Waals surface area contributed by atoms with Gasteiger partial charge in [0.15, 0.2) is 22.6 Å². The van der Waals surface area contributed by atoms with Crippen molar-refractivity contribution in [1.82, 2.24) is 24.9 Å². The fourth-order valence-electron chi connectivity index (χ4n) is 4.08. The number of hydrogen-bond acceptors (Lipinski definition) is 10. The molecule has 0 aliphatic carbocycles. The second-order valence-corrected chi connectivity index (χ2v) is 10.1.